The average molecular weight is 273 g/mol. The number of hydrogen-bond donors (Lipinski definition) is 0. The Labute approximate surface area is 108 Å². The highest BCUT2D eigenvalue weighted by molar-refractivity contribution is 7.48. The summed E-state index contributed by atoms with van der Waals surface area (Å²) in [6.45, 7) is 4.02. The number of rotatable bonds is 7. The van der Waals surface area contributed by atoms with Crippen LogP contribution in [0.2, 0.25) is 0 Å². The van der Waals surface area contributed by atoms with E-state index in [-0.39, 0.29) is 13.2 Å². The van der Waals surface area contributed by atoms with Crippen molar-refractivity contribution >= 4 is 13.5 Å². The SMILES string of the molecule is CCOP(=O)(OCC)Oc1cccc(N(C)C)c1. The second kappa shape index (κ2) is 6.78. The standard InChI is InChI=1S/C12H20NO4P/c1-5-15-18(14,16-6-2)17-12-9-7-8-11(10-12)13(3)4/h7-10H,5-6H2,1-4H3. The van der Waals surface area contributed by atoms with Gasteiger partial charge in [0, 0.05) is 25.8 Å². The number of hydrogen-bond acceptors (Lipinski definition) is 5. The molecule has 18 heavy (non-hydrogen) atoms. The largest absolute Gasteiger partial charge is 0.530 e. The third kappa shape index (κ3) is 4.33. The lowest BCUT2D eigenvalue weighted by Gasteiger charge is -2.18. The molecule has 0 amide bonds. The fourth-order valence-electron chi connectivity index (χ4n) is 1.35. The van der Waals surface area contributed by atoms with Crippen molar-refractivity contribution < 1.29 is 18.1 Å². The van der Waals surface area contributed by atoms with Gasteiger partial charge in [0.05, 0.1) is 13.2 Å². The summed E-state index contributed by atoms with van der Waals surface area (Å²) >= 11 is 0. The minimum absolute atomic E-state index is 0.269. The molecule has 0 aliphatic carbocycles. The van der Waals surface area contributed by atoms with Crippen LogP contribution in [0, 0.1) is 0 Å². The summed E-state index contributed by atoms with van der Waals surface area (Å²) in [5, 5.41) is 0. The number of phosphoric ester groups is 1. The van der Waals surface area contributed by atoms with E-state index in [9.17, 15) is 4.57 Å². The van der Waals surface area contributed by atoms with Gasteiger partial charge in [-0.05, 0) is 26.0 Å². The molecule has 0 saturated heterocycles. The van der Waals surface area contributed by atoms with Crippen molar-refractivity contribution in [2.24, 2.45) is 0 Å². The Hall–Kier alpha value is -1.03. The summed E-state index contributed by atoms with van der Waals surface area (Å²) < 4.78 is 27.7. The van der Waals surface area contributed by atoms with Crippen LogP contribution in [0.1, 0.15) is 13.8 Å². The second-order valence-electron chi connectivity index (χ2n) is 3.77. The fourth-order valence-corrected chi connectivity index (χ4v) is 2.54. The zero-order chi connectivity index (χ0) is 13.6. The molecular formula is C12H20NO4P. The summed E-state index contributed by atoms with van der Waals surface area (Å²) in [5.74, 6) is 0.464. The van der Waals surface area contributed by atoms with E-state index >= 15 is 0 Å². The van der Waals surface area contributed by atoms with Crippen LogP contribution in [-0.2, 0) is 13.6 Å². The molecule has 6 heteroatoms. The maximum Gasteiger partial charge on any atom is 0.530 e. The van der Waals surface area contributed by atoms with Gasteiger partial charge in [0.25, 0.3) is 0 Å². The van der Waals surface area contributed by atoms with Crippen LogP contribution in [0.15, 0.2) is 24.3 Å². The Morgan fingerprint density at radius 2 is 1.78 bits per heavy atom. The first-order valence-corrected chi connectivity index (χ1v) is 7.33. The molecule has 0 saturated carbocycles. The number of anilines is 1. The number of phosphoric acid groups is 1. The third-order valence-electron chi connectivity index (χ3n) is 2.13. The highest BCUT2D eigenvalue weighted by Gasteiger charge is 2.27. The first-order valence-electron chi connectivity index (χ1n) is 5.87. The summed E-state index contributed by atoms with van der Waals surface area (Å²) in [6.07, 6.45) is 0. The monoisotopic (exact) mass is 273 g/mol. The lowest BCUT2D eigenvalue weighted by Crippen LogP contribution is -2.08. The topological polar surface area (TPSA) is 48.0 Å². The van der Waals surface area contributed by atoms with E-state index < -0.39 is 7.82 Å². The molecule has 102 valence electrons. The van der Waals surface area contributed by atoms with E-state index in [0.717, 1.165) is 5.69 Å². The van der Waals surface area contributed by atoms with Gasteiger partial charge in [-0.15, -0.1) is 0 Å². The molecule has 1 rings (SSSR count). The first kappa shape index (κ1) is 15.0. The molecule has 0 radical (unpaired) electrons. The van der Waals surface area contributed by atoms with Crippen molar-refractivity contribution in [1.29, 1.82) is 0 Å². The summed E-state index contributed by atoms with van der Waals surface area (Å²) in [7, 11) is 0.331. The van der Waals surface area contributed by atoms with Crippen molar-refractivity contribution in [1.82, 2.24) is 0 Å². The van der Waals surface area contributed by atoms with Gasteiger partial charge < -0.3 is 9.42 Å². The van der Waals surface area contributed by atoms with Crippen LogP contribution in [0.5, 0.6) is 5.75 Å². The molecule has 1 aromatic carbocycles. The van der Waals surface area contributed by atoms with Crippen LogP contribution in [0.25, 0.3) is 0 Å². The summed E-state index contributed by atoms with van der Waals surface area (Å²) in [5.41, 5.74) is 0.951. The van der Waals surface area contributed by atoms with Gasteiger partial charge in [0.2, 0.25) is 0 Å². The van der Waals surface area contributed by atoms with Gasteiger partial charge >= 0.3 is 7.82 Å². The fraction of sp³-hybridized carbons (Fsp3) is 0.500. The smallest absolute Gasteiger partial charge is 0.404 e. The van der Waals surface area contributed by atoms with E-state index in [1.165, 1.54) is 0 Å². The molecule has 0 aliphatic heterocycles. The molecule has 0 unspecified atom stereocenters. The Morgan fingerprint density at radius 3 is 2.28 bits per heavy atom. The van der Waals surface area contributed by atoms with Gasteiger partial charge in [-0.1, -0.05) is 6.07 Å². The van der Waals surface area contributed by atoms with E-state index in [0.29, 0.717) is 5.75 Å². The van der Waals surface area contributed by atoms with Crippen LogP contribution < -0.4 is 9.42 Å². The quantitative estimate of drug-likeness (QED) is 0.713. The van der Waals surface area contributed by atoms with Gasteiger partial charge in [-0.3, -0.25) is 9.05 Å². The molecule has 0 bridgehead atoms. The van der Waals surface area contributed by atoms with Crippen LogP contribution >= 0.6 is 7.82 Å². The van der Waals surface area contributed by atoms with Gasteiger partial charge in [0.15, 0.2) is 0 Å². The summed E-state index contributed by atoms with van der Waals surface area (Å²) in [4.78, 5) is 1.93. The lowest BCUT2D eigenvalue weighted by molar-refractivity contribution is 0.167. The van der Waals surface area contributed by atoms with Crippen molar-refractivity contribution in [3.8, 4) is 5.75 Å². The van der Waals surface area contributed by atoms with Crippen molar-refractivity contribution in [3.05, 3.63) is 24.3 Å². The first-order chi connectivity index (χ1) is 8.50. The maximum atomic E-state index is 12.2. The Bertz CT molecular complexity index is 412. The molecule has 0 spiro atoms. The maximum absolute atomic E-state index is 12.2. The zero-order valence-corrected chi connectivity index (χ0v) is 12.1. The van der Waals surface area contributed by atoms with Crippen LogP contribution in [0.3, 0.4) is 0 Å². The van der Waals surface area contributed by atoms with E-state index in [2.05, 4.69) is 0 Å². The highest BCUT2D eigenvalue weighted by atomic mass is 31.2. The molecular weight excluding hydrogens is 253 g/mol. The van der Waals surface area contributed by atoms with Gasteiger partial charge in [-0.2, -0.15) is 0 Å². The Morgan fingerprint density at radius 1 is 1.17 bits per heavy atom. The summed E-state index contributed by atoms with van der Waals surface area (Å²) in [6, 6.07) is 7.26. The Balaban J connectivity index is 2.87. The molecule has 0 fully saturated rings. The van der Waals surface area contributed by atoms with Gasteiger partial charge in [0.1, 0.15) is 5.75 Å². The normalized spacial score (nSPS) is 11.3. The number of benzene rings is 1. The van der Waals surface area contributed by atoms with E-state index in [1.54, 1.807) is 26.0 Å². The van der Waals surface area contributed by atoms with Crippen LogP contribution in [-0.4, -0.2) is 27.3 Å². The molecule has 0 heterocycles. The molecule has 5 nitrogen and oxygen atoms in total. The third-order valence-corrected chi connectivity index (χ3v) is 3.71. The zero-order valence-electron chi connectivity index (χ0n) is 11.3. The van der Waals surface area contributed by atoms with Crippen molar-refractivity contribution in [2.75, 3.05) is 32.2 Å². The van der Waals surface area contributed by atoms with Crippen molar-refractivity contribution in [2.45, 2.75) is 13.8 Å². The lowest BCUT2D eigenvalue weighted by atomic mass is 10.3. The second-order valence-corrected chi connectivity index (χ2v) is 5.36. The predicted molar refractivity (Wildman–Crippen MR) is 72.3 cm³/mol. The minimum atomic E-state index is -3.51. The van der Waals surface area contributed by atoms with Gasteiger partial charge in [-0.25, -0.2) is 4.57 Å². The molecule has 0 aliphatic rings. The molecule has 1 aromatic rings. The predicted octanol–water partition coefficient (Wildman–Crippen LogP) is 3.31. The Kier molecular flexibility index (Phi) is 5.66. The molecule has 0 aromatic heterocycles. The van der Waals surface area contributed by atoms with Crippen molar-refractivity contribution in [3.63, 3.8) is 0 Å². The number of nitrogens with zero attached hydrogens (tertiary/aromatic N) is 1. The minimum Gasteiger partial charge on any atom is -0.404 e. The van der Waals surface area contributed by atoms with Crippen LogP contribution in [0.4, 0.5) is 5.69 Å². The van der Waals surface area contributed by atoms with E-state index in [1.807, 2.05) is 31.1 Å². The molecule has 0 N–H and O–H groups in total. The highest BCUT2D eigenvalue weighted by Crippen LogP contribution is 2.49. The molecule has 0 atom stereocenters. The van der Waals surface area contributed by atoms with E-state index in [4.69, 9.17) is 13.6 Å². The average Bonchev–Trinajstić information content (AvgIpc) is 2.29.